The van der Waals surface area contributed by atoms with Crippen molar-refractivity contribution in [2.24, 2.45) is 0 Å². The largest absolute Gasteiger partial charge is 0.416 e. The molecule has 0 bridgehead atoms. The number of anilines is 1. The summed E-state index contributed by atoms with van der Waals surface area (Å²) in [5.74, 6) is -0.867. The number of benzene rings is 1. The van der Waals surface area contributed by atoms with Crippen LogP contribution in [0.2, 0.25) is 0 Å². The molecule has 0 fully saturated rings. The maximum absolute atomic E-state index is 13.2. The maximum atomic E-state index is 13.2. The molecule has 0 saturated carbocycles. The van der Waals surface area contributed by atoms with Gasteiger partial charge in [-0.1, -0.05) is 51.9 Å². The molecule has 5 heteroatoms. The molecule has 1 aromatic carbocycles. The second-order valence-electron chi connectivity index (χ2n) is 5.63. The van der Waals surface area contributed by atoms with E-state index in [1.807, 2.05) is 0 Å². The first kappa shape index (κ1) is 18.8. The molecule has 0 saturated heterocycles. The van der Waals surface area contributed by atoms with Crippen molar-refractivity contribution in [3.05, 3.63) is 29.6 Å². The third-order valence-electron chi connectivity index (χ3n) is 3.58. The fourth-order valence-corrected chi connectivity index (χ4v) is 2.35. The zero-order valence-electron chi connectivity index (χ0n) is 13.1. The van der Waals surface area contributed by atoms with Gasteiger partial charge in [-0.25, -0.2) is 4.39 Å². The first-order chi connectivity index (χ1) is 10.4. The van der Waals surface area contributed by atoms with E-state index in [-0.39, 0.29) is 5.69 Å². The Morgan fingerprint density at radius 2 is 1.45 bits per heavy atom. The van der Waals surface area contributed by atoms with Crippen molar-refractivity contribution in [3.8, 4) is 0 Å². The van der Waals surface area contributed by atoms with Crippen molar-refractivity contribution in [1.82, 2.24) is 0 Å². The normalized spacial score (nSPS) is 11.7. The van der Waals surface area contributed by atoms with Gasteiger partial charge in [0.2, 0.25) is 0 Å². The van der Waals surface area contributed by atoms with E-state index in [9.17, 15) is 17.6 Å². The minimum absolute atomic E-state index is 0.190. The van der Waals surface area contributed by atoms with Crippen molar-refractivity contribution in [3.63, 3.8) is 0 Å². The highest BCUT2D eigenvalue weighted by Gasteiger charge is 2.31. The first-order valence-electron chi connectivity index (χ1n) is 8.05. The van der Waals surface area contributed by atoms with Crippen LogP contribution in [0.3, 0.4) is 0 Å². The topological polar surface area (TPSA) is 12.0 Å². The molecule has 1 nitrogen and oxygen atoms in total. The summed E-state index contributed by atoms with van der Waals surface area (Å²) in [5.41, 5.74) is -0.763. The van der Waals surface area contributed by atoms with Crippen LogP contribution < -0.4 is 5.32 Å². The lowest BCUT2D eigenvalue weighted by molar-refractivity contribution is -0.137. The zero-order chi connectivity index (χ0) is 16.4. The smallest absolute Gasteiger partial charge is 0.385 e. The molecule has 0 radical (unpaired) electrons. The summed E-state index contributed by atoms with van der Waals surface area (Å²) in [6.07, 6.45) is 4.79. The third kappa shape index (κ3) is 7.66. The van der Waals surface area contributed by atoms with E-state index in [2.05, 4.69) is 12.2 Å². The highest BCUT2D eigenvalue weighted by molar-refractivity contribution is 5.47. The predicted molar refractivity (Wildman–Crippen MR) is 82.5 cm³/mol. The van der Waals surface area contributed by atoms with Crippen LogP contribution in [-0.4, -0.2) is 6.54 Å². The molecule has 0 atom stereocenters. The van der Waals surface area contributed by atoms with Gasteiger partial charge in [0, 0.05) is 12.2 Å². The zero-order valence-corrected chi connectivity index (χ0v) is 13.1. The minimum Gasteiger partial charge on any atom is -0.385 e. The van der Waals surface area contributed by atoms with Crippen molar-refractivity contribution in [2.75, 3.05) is 11.9 Å². The Hall–Kier alpha value is -1.26. The lowest BCUT2D eigenvalue weighted by atomic mass is 10.1. The molecule has 1 rings (SSSR count). The number of hydrogen-bond acceptors (Lipinski definition) is 1. The van der Waals surface area contributed by atoms with E-state index in [0.717, 1.165) is 31.4 Å². The summed E-state index contributed by atoms with van der Waals surface area (Å²) in [6, 6.07) is 2.56. The molecule has 1 aromatic rings. The van der Waals surface area contributed by atoms with Crippen LogP contribution in [0.4, 0.5) is 23.2 Å². The average Bonchev–Trinajstić information content (AvgIpc) is 2.44. The monoisotopic (exact) mass is 319 g/mol. The Morgan fingerprint density at radius 3 is 2.05 bits per heavy atom. The van der Waals surface area contributed by atoms with Crippen LogP contribution in [0.1, 0.15) is 63.9 Å². The summed E-state index contributed by atoms with van der Waals surface area (Å²) in [5, 5.41) is 2.87. The van der Waals surface area contributed by atoms with E-state index >= 15 is 0 Å². The number of rotatable bonds is 10. The number of hydrogen-bond donors (Lipinski definition) is 1. The van der Waals surface area contributed by atoms with E-state index < -0.39 is 17.6 Å². The van der Waals surface area contributed by atoms with Crippen LogP contribution in [0.5, 0.6) is 0 Å². The highest BCUT2D eigenvalue weighted by Crippen LogP contribution is 2.31. The SMILES string of the molecule is CCCCCCCCCCNc1cc(F)cc(C(F)(F)F)c1. The van der Waals surface area contributed by atoms with Gasteiger partial charge in [-0.05, 0) is 24.6 Å². The van der Waals surface area contributed by atoms with Gasteiger partial charge in [0.05, 0.1) is 5.56 Å². The fourth-order valence-electron chi connectivity index (χ4n) is 2.35. The van der Waals surface area contributed by atoms with Crippen molar-refractivity contribution in [1.29, 1.82) is 0 Å². The third-order valence-corrected chi connectivity index (χ3v) is 3.58. The molecule has 0 amide bonds. The molecule has 0 aliphatic heterocycles. The van der Waals surface area contributed by atoms with Gasteiger partial charge < -0.3 is 5.32 Å². The molecular weight excluding hydrogens is 294 g/mol. The van der Waals surface area contributed by atoms with Crippen LogP contribution in [0.15, 0.2) is 18.2 Å². The van der Waals surface area contributed by atoms with E-state index in [1.165, 1.54) is 32.1 Å². The fraction of sp³-hybridized carbons (Fsp3) is 0.647. The Morgan fingerprint density at radius 1 is 0.864 bits per heavy atom. The summed E-state index contributed by atoms with van der Waals surface area (Å²) >= 11 is 0. The van der Waals surface area contributed by atoms with Gasteiger partial charge in [0.25, 0.3) is 0 Å². The lowest BCUT2D eigenvalue weighted by Gasteiger charge is -2.11. The van der Waals surface area contributed by atoms with Gasteiger partial charge >= 0.3 is 6.18 Å². The predicted octanol–water partition coefficient (Wildman–Crippen LogP) is 6.40. The molecule has 0 spiro atoms. The minimum atomic E-state index is -4.52. The van der Waals surface area contributed by atoms with Crippen LogP contribution in [0.25, 0.3) is 0 Å². The van der Waals surface area contributed by atoms with Gasteiger partial charge in [-0.2, -0.15) is 13.2 Å². The molecule has 0 heterocycles. The second-order valence-corrected chi connectivity index (χ2v) is 5.63. The summed E-state index contributed by atoms with van der Waals surface area (Å²) in [6.45, 7) is 2.75. The Labute approximate surface area is 130 Å². The average molecular weight is 319 g/mol. The summed E-state index contributed by atoms with van der Waals surface area (Å²) in [4.78, 5) is 0. The van der Waals surface area contributed by atoms with Crippen molar-refractivity contribution >= 4 is 5.69 Å². The molecule has 0 unspecified atom stereocenters. The quantitative estimate of drug-likeness (QED) is 0.389. The second kappa shape index (κ2) is 9.70. The van der Waals surface area contributed by atoms with Gasteiger partial charge in [0.15, 0.2) is 0 Å². The van der Waals surface area contributed by atoms with E-state index in [4.69, 9.17) is 0 Å². The van der Waals surface area contributed by atoms with Gasteiger partial charge in [-0.3, -0.25) is 0 Å². The highest BCUT2D eigenvalue weighted by atomic mass is 19.4. The molecule has 0 aliphatic carbocycles. The molecule has 0 aromatic heterocycles. The molecule has 0 aliphatic rings. The van der Waals surface area contributed by atoms with Crippen molar-refractivity contribution in [2.45, 2.75) is 64.5 Å². The standard InChI is InChI=1S/C17H25F4N/c1-2-3-4-5-6-7-8-9-10-22-16-12-14(17(19,20)21)11-15(18)13-16/h11-13,22H,2-10H2,1H3. The molecule has 126 valence electrons. The van der Waals surface area contributed by atoms with Crippen LogP contribution in [-0.2, 0) is 6.18 Å². The number of halogens is 4. The van der Waals surface area contributed by atoms with Gasteiger partial charge in [0.1, 0.15) is 5.82 Å². The van der Waals surface area contributed by atoms with E-state index in [0.29, 0.717) is 12.6 Å². The summed E-state index contributed by atoms with van der Waals surface area (Å²) in [7, 11) is 0. The lowest BCUT2D eigenvalue weighted by Crippen LogP contribution is -2.08. The van der Waals surface area contributed by atoms with Crippen LogP contribution in [0, 0.1) is 5.82 Å². The van der Waals surface area contributed by atoms with Crippen molar-refractivity contribution < 1.29 is 17.6 Å². The Kier molecular flexibility index (Phi) is 8.28. The first-order valence-corrected chi connectivity index (χ1v) is 8.05. The Balaban J connectivity index is 2.24. The van der Waals surface area contributed by atoms with Gasteiger partial charge in [-0.15, -0.1) is 0 Å². The maximum Gasteiger partial charge on any atom is 0.416 e. The van der Waals surface area contributed by atoms with Crippen LogP contribution >= 0.6 is 0 Å². The number of unbranched alkanes of at least 4 members (excludes halogenated alkanes) is 7. The number of nitrogens with one attached hydrogen (secondary N) is 1. The number of alkyl halides is 3. The molecule has 1 N–H and O–H groups in total. The summed E-state index contributed by atoms with van der Waals surface area (Å²) < 4.78 is 50.9. The van der Waals surface area contributed by atoms with E-state index in [1.54, 1.807) is 0 Å². The molecule has 22 heavy (non-hydrogen) atoms. The molecular formula is C17H25F4N. The Bertz CT molecular complexity index is 429.